The molecule has 0 aliphatic carbocycles. The van der Waals surface area contributed by atoms with Crippen molar-refractivity contribution in [3.63, 3.8) is 0 Å². The van der Waals surface area contributed by atoms with Gasteiger partial charge in [0.15, 0.2) is 5.75 Å². The lowest BCUT2D eigenvalue weighted by Crippen LogP contribution is -1.98. The highest BCUT2D eigenvalue weighted by Crippen LogP contribution is 2.08. The van der Waals surface area contributed by atoms with E-state index in [0.717, 1.165) is 24.9 Å². The molecule has 0 heterocycles. The van der Waals surface area contributed by atoms with E-state index in [0.29, 0.717) is 16.1 Å². The van der Waals surface area contributed by atoms with E-state index < -0.39 is 9.05 Å². The third-order valence-electron chi connectivity index (χ3n) is 2.08. The number of rotatable bonds is 5. The van der Waals surface area contributed by atoms with E-state index in [4.69, 9.17) is 14.8 Å². The molecule has 0 aliphatic heterocycles. The third-order valence-corrected chi connectivity index (χ3v) is 4.26. The van der Waals surface area contributed by atoms with Gasteiger partial charge in [0.05, 0.1) is 0 Å². The average Bonchev–Trinajstić information content (AvgIpc) is 2.19. The van der Waals surface area contributed by atoms with Gasteiger partial charge in [-0.3, -0.25) is 9.11 Å². The van der Waals surface area contributed by atoms with Crippen LogP contribution < -0.4 is 5.73 Å². The maximum atomic E-state index is 10.5. The van der Waals surface area contributed by atoms with Crippen LogP contribution in [0.25, 0.3) is 0 Å². The fraction of sp³-hybridized carbons (Fsp3) is 0.400. The standard InChI is InChI=1S/C10H15NO3S2/c11-10-6-4-9(5-7-10)3-1-2-8-15-16(12,13)14/h4-7H,1-3,8,11H2,(H-,12,13,14)/p+1. The molecule has 0 atom stereocenters. The number of hydrogen-bond donors (Lipinski definition) is 3. The summed E-state index contributed by atoms with van der Waals surface area (Å²) in [6.07, 6.45) is 2.64. The van der Waals surface area contributed by atoms with Gasteiger partial charge in [0.2, 0.25) is 0 Å². The number of aryl methyl sites for hydroxylation is 1. The maximum Gasteiger partial charge on any atom is 0.430 e. The minimum absolute atomic E-state index is 0.487. The van der Waals surface area contributed by atoms with Gasteiger partial charge >= 0.3 is 9.05 Å². The summed E-state index contributed by atoms with van der Waals surface area (Å²) in [5.74, 6) is 0.487. The largest absolute Gasteiger partial charge is 0.430 e. The van der Waals surface area contributed by atoms with Gasteiger partial charge in [0.25, 0.3) is 10.3 Å². The minimum Gasteiger partial charge on any atom is -0.399 e. The lowest BCUT2D eigenvalue weighted by atomic mass is 10.1. The SMILES string of the molecule is Nc1ccc(CCCC[S+]=S(=O)(O)O)cc1. The topological polar surface area (TPSA) is 83.6 Å². The Kier molecular flexibility index (Phi) is 5.14. The number of anilines is 1. The predicted molar refractivity (Wildman–Crippen MR) is 69.4 cm³/mol. The highest BCUT2D eigenvalue weighted by atomic mass is 32.9. The van der Waals surface area contributed by atoms with Gasteiger partial charge in [0.1, 0.15) is 0 Å². The van der Waals surface area contributed by atoms with Crippen molar-refractivity contribution in [3.05, 3.63) is 29.8 Å². The minimum atomic E-state index is -3.62. The molecule has 0 amide bonds. The Morgan fingerprint density at radius 3 is 2.38 bits per heavy atom. The van der Waals surface area contributed by atoms with Gasteiger partial charge in [-0.15, -0.1) is 0 Å². The second-order valence-electron chi connectivity index (χ2n) is 3.47. The van der Waals surface area contributed by atoms with E-state index >= 15 is 0 Å². The summed E-state index contributed by atoms with van der Waals surface area (Å²) in [5, 5.41) is 0. The molecule has 1 rings (SSSR count). The van der Waals surface area contributed by atoms with Gasteiger partial charge in [-0.1, -0.05) is 12.1 Å². The third kappa shape index (κ3) is 6.02. The molecule has 0 fully saturated rings. The molecule has 16 heavy (non-hydrogen) atoms. The van der Waals surface area contributed by atoms with Crippen LogP contribution in [-0.4, -0.2) is 19.1 Å². The van der Waals surface area contributed by atoms with Crippen LogP contribution in [0.3, 0.4) is 0 Å². The van der Waals surface area contributed by atoms with Crippen LogP contribution >= 0.6 is 0 Å². The molecule has 1 aromatic carbocycles. The van der Waals surface area contributed by atoms with Crippen LogP contribution in [0, 0.1) is 0 Å². The van der Waals surface area contributed by atoms with E-state index in [9.17, 15) is 4.21 Å². The molecule has 0 bridgehead atoms. The van der Waals surface area contributed by atoms with Crippen LogP contribution in [0.15, 0.2) is 24.3 Å². The van der Waals surface area contributed by atoms with Crippen molar-refractivity contribution in [2.75, 3.05) is 11.5 Å². The average molecular weight is 262 g/mol. The Labute approximate surface area is 99.2 Å². The van der Waals surface area contributed by atoms with Gasteiger partial charge < -0.3 is 5.73 Å². The molecule has 4 nitrogen and oxygen atoms in total. The molecule has 0 radical (unpaired) electrons. The number of hydrogen-bond acceptors (Lipinski definition) is 2. The van der Waals surface area contributed by atoms with E-state index in [1.807, 2.05) is 24.3 Å². The molecule has 0 unspecified atom stereocenters. The van der Waals surface area contributed by atoms with Gasteiger partial charge in [-0.25, -0.2) is 0 Å². The van der Waals surface area contributed by atoms with Crippen molar-refractivity contribution in [1.82, 2.24) is 0 Å². The zero-order valence-electron chi connectivity index (χ0n) is 8.83. The maximum absolute atomic E-state index is 10.5. The van der Waals surface area contributed by atoms with Crippen LogP contribution in [0.5, 0.6) is 0 Å². The lowest BCUT2D eigenvalue weighted by molar-refractivity contribution is 0.450. The molecule has 90 valence electrons. The molecule has 1 aromatic rings. The van der Waals surface area contributed by atoms with E-state index in [2.05, 4.69) is 0 Å². The van der Waals surface area contributed by atoms with Crippen molar-refractivity contribution in [3.8, 4) is 0 Å². The summed E-state index contributed by atoms with van der Waals surface area (Å²) in [7, 11) is -2.93. The first-order valence-electron chi connectivity index (χ1n) is 4.95. The fourth-order valence-corrected chi connectivity index (χ4v) is 2.83. The lowest BCUT2D eigenvalue weighted by Gasteiger charge is -1.99. The zero-order valence-corrected chi connectivity index (χ0v) is 10.5. The molecular weight excluding hydrogens is 246 g/mol. The van der Waals surface area contributed by atoms with Crippen molar-refractivity contribution in [2.45, 2.75) is 19.3 Å². The number of nitrogen functional groups attached to an aromatic ring is 1. The molecule has 0 aliphatic rings. The smallest absolute Gasteiger partial charge is 0.399 e. The van der Waals surface area contributed by atoms with Crippen molar-refractivity contribution < 1.29 is 13.3 Å². The summed E-state index contributed by atoms with van der Waals surface area (Å²) in [6, 6.07) is 7.67. The molecular formula is C10H16NO3S2+. The van der Waals surface area contributed by atoms with E-state index in [-0.39, 0.29) is 0 Å². The van der Waals surface area contributed by atoms with Crippen molar-refractivity contribution in [2.24, 2.45) is 0 Å². The Morgan fingerprint density at radius 2 is 1.81 bits per heavy atom. The summed E-state index contributed by atoms with van der Waals surface area (Å²) < 4.78 is 27.7. The van der Waals surface area contributed by atoms with Gasteiger partial charge in [0, 0.05) is 12.1 Å². The van der Waals surface area contributed by atoms with E-state index in [1.54, 1.807) is 0 Å². The predicted octanol–water partition coefficient (Wildman–Crippen LogP) is 1.82. The Hall–Kier alpha value is -0.690. The second kappa shape index (κ2) is 6.15. The second-order valence-corrected chi connectivity index (χ2v) is 7.02. The number of benzene rings is 1. The summed E-state index contributed by atoms with van der Waals surface area (Å²) in [5.41, 5.74) is 7.51. The first kappa shape index (κ1) is 13.4. The number of unbranched alkanes of at least 4 members (excludes halogenated alkanes) is 1. The molecule has 0 saturated carbocycles. The van der Waals surface area contributed by atoms with Crippen LogP contribution in [-0.2, 0) is 25.8 Å². The summed E-state index contributed by atoms with van der Waals surface area (Å²) >= 11 is 0. The summed E-state index contributed by atoms with van der Waals surface area (Å²) in [6.45, 7) is 0. The molecule has 0 saturated heterocycles. The highest BCUT2D eigenvalue weighted by Gasteiger charge is 2.08. The molecule has 0 spiro atoms. The highest BCUT2D eigenvalue weighted by molar-refractivity contribution is 8.34. The van der Waals surface area contributed by atoms with Gasteiger partial charge in [-0.05, 0) is 30.5 Å². The van der Waals surface area contributed by atoms with Gasteiger partial charge in [-0.2, -0.15) is 4.21 Å². The van der Waals surface area contributed by atoms with Crippen LogP contribution in [0.4, 0.5) is 5.69 Å². The molecule has 4 N–H and O–H groups in total. The summed E-state index contributed by atoms with van der Waals surface area (Å²) in [4.78, 5) is 0. The van der Waals surface area contributed by atoms with Crippen LogP contribution in [0.2, 0.25) is 0 Å². The number of nitrogens with two attached hydrogens (primary N) is 1. The van der Waals surface area contributed by atoms with Crippen LogP contribution in [0.1, 0.15) is 18.4 Å². The Balaban J connectivity index is 2.26. The Bertz CT molecular complexity index is 428. The monoisotopic (exact) mass is 262 g/mol. The first-order chi connectivity index (χ1) is 7.47. The fourth-order valence-electron chi connectivity index (χ4n) is 1.28. The van der Waals surface area contributed by atoms with Crippen molar-refractivity contribution >= 4 is 25.1 Å². The Morgan fingerprint density at radius 1 is 1.19 bits per heavy atom. The van der Waals surface area contributed by atoms with Crippen molar-refractivity contribution in [1.29, 1.82) is 0 Å². The normalized spacial score (nSPS) is 11.4. The molecule has 6 heteroatoms. The zero-order chi connectivity index (χ0) is 12.0. The first-order valence-corrected chi connectivity index (χ1v) is 7.93. The quantitative estimate of drug-likeness (QED) is 0.429. The van der Waals surface area contributed by atoms with E-state index in [1.165, 1.54) is 5.56 Å². The molecule has 0 aromatic heterocycles.